The largest absolute Gasteiger partial charge is 0.497 e. The minimum atomic E-state index is -3.77. The summed E-state index contributed by atoms with van der Waals surface area (Å²) in [6.45, 7) is 0.337. The Morgan fingerprint density at radius 3 is 1.91 bits per heavy atom. The molecular formula is C21H28N2O7S2. The molecule has 0 aromatic heterocycles. The van der Waals surface area contributed by atoms with Crippen LogP contribution in [-0.2, 0) is 20.0 Å². The van der Waals surface area contributed by atoms with Gasteiger partial charge in [0.1, 0.15) is 11.5 Å². The summed E-state index contributed by atoms with van der Waals surface area (Å²) in [7, 11) is -4.51. The van der Waals surface area contributed by atoms with Gasteiger partial charge in [-0.2, -0.15) is 4.31 Å². The van der Waals surface area contributed by atoms with Crippen molar-refractivity contribution in [2.24, 2.45) is 5.92 Å². The van der Waals surface area contributed by atoms with E-state index >= 15 is 0 Å². The SMILES string of the molecule is COc1ccc(S(=O)(=O)NC[C@H]2CCN(S(=O)(=O)c3ccc(OC)cc3)CC[C@H]2O)cc1. The average molecular weight is 485 g/mol. The molecule has 32 heavy (non-hydrogen) atoms. The quantitative estimate of drug-likeness (QED) is 0.581. The van der Waals surface area contributed by atoms with Gasteiger partial charge in [-0.15, -0.1) is 0 Å². The van der Waals surface area contributed by atoms with Crippen LogP contribution >= 0.6 is 0 Å². The van der Waals surface area contributed by atoms with Crippen LogP contribution in [0.5, 0.6) is 11.5 Å². The lowest BCUT2D eigenvalue weighted by molar-refractivity contribution is 0.106. The Morgan fingerprint density at radius 2 is 1.38 bits per heavy atom. The molecule has 11 heteroatoms. The Labute approximate surface area is 189 Å². The summed E-state index contributed by atoms with van der Waals surface area (Å²) in [6, 6.07) is 12.1. The van der Waals surface area contributed by atoms with Gasteiger partial charge in [-0.05, 0) is 67.3 Å². The first-order valence-electron chi connectivity index (χ1n) is 10.1. The minimum Gasteiger partial charge on any atom is -0.497 e. The summed E-state index contributed by atoms with van der Waals surface area (Å²) in [5.41, 5.74) is 0. The number of hydrogen-bond acceptors (Lipinski definition) is 7. The standard InChI is InChI=1S/C21H28N2O7S2/c1-29-17-3-7-19(8-4-17)31(25,26)22-15-16-11-13-23(14-12-21(16)24)32(27,28)20-9-5-18(30-2)6-10-20/h3-10,16,21-22,24H,11-15H2,1-2H3/t16-,21-/m1/s1. The Morgan fingerprint density at radius 1 is 0.875 bits per heavy atom. The number of aliphatic hydroxyl groups is 1. The third-order valence-corrected chi connectivity index (χ3v) is 8.92. The molecule has 1 heterocycles. The Balaban J connectivity index is 1.65. The number of rotatable bonds is 8. The predicted octanol–water partition coefficient (Wildman–Crippen LogP) is 1.44. The molecule has 1 aliphatic heterocycles. The molecule has 0 amide bonds. The summed E-state index contributed by atoms with van der Waals surface area (Å²) in [4.78, 5) is 0.233. The lowest BCUT2D eigenvalue weighted by Gasteiger charge is -2.21. The highest BCUT2D eigenvalue weighted by Gasteiger charge is 2.32. The van der Waals surface area contributed by atoms with E-state index in [-0.39, 0.29) is 35.8 Å². The van der Waals surface area contributed by atoms with Gasteiger partial charge in [0.05, 0.1) is 30.1 Å². The van der Waals surface area contributed by atoms with E-state index in [1.165, 1.54) is 42.8 Å². The van der Waals surface area contributed by atoms with E-state index in [1.807, 2.05) is 0 Å². The predicted molar refractivity (Wildman–Crippen MR) is 119 cm³/mol. The van der Waals surface area contributed by atoms with Crippen molar-refractivity contribution in [1.29, 1.82) is 0 Å². The van der Waals surface area contributed by atoms with Gasteiger partial charge < -0.3 is 14.6 Å². The zero-order valence-electron chi connectivity index (χ0n) is 18.0. The van der Waals surface area contributed by atoms with Crippen LogP contribution in [0.4, 0.5) is 0 Å². The normalized spacial score (nSPS) is 20.5. The second-order valence-electron chi connectivity index (χ2n) is 7.51. The fourth-order valence-corrected chi connectivity index (χ4v) is 6.12. The van der Waals surface area contributed by atoms with Gasteiger partial charge in [-0.1, -0.05) is 0 Å². The van der Waals surface area contributed by atoms with Crippen molar-refractivity contribution < 1.29 is 31.4 Å². The maximum atomic E-state index is 13.0. The number of benzene rings is 2. The highest BCUT2D eigenvalue weighted by atomic mass is 32.2. The van der Waals surface area contributed by atoms with Crippen LogP contribution in [0.2, 0.25) is 0 Å². The molecule has 1 aliphatic rings. The summed E-state index contributed by atoms with van der Waals surface area (Å²) < 4.78 is 65.1. The van der Waals surface area contributed by atoms with Gasteiger partial charge in [0.15, 0.2) is 0 Å². The molecule has 0 aliphatic carbocycles. The zero-order chi connectivity index (χ0) is 23.4. The third-order valence-electron chi connectivity index (χ3n) is 5.57. The number of ether oxygens (including phenoxy) is 2. The molecule has 2 aromatic carbocycles. The van der Waals surface area contributed by atoms with Crippen LogP contribution < -0.4 is 14.2 Å². The molecule has 2 aromatic rings. The number of sulfonamides is 2. The van der Waals surface area contributed by atoms with E-state index in [1.54, 1.807) is 24.3 Å². The second kappa shape index (κ2) is 10.2. The van der Waals surface area contributed by atoms with E-state index in [0.29, 0.717) is 17.9 Å². The molecule has 0 radical (unpaired) electrons. The molecule has 176 valence electrons. The van der Waals surface area contributed by atoms with Crippen molar-refractivity contribution in [3.8, 4) is 11.5 Å². The van der Waals surface area contributed by atoms with Crippen molar-refractivity contribution >= 4 is 20.0 Å². The topological polar surface area (TPSA) is 122 Å². The number of hydrogen-bond donors (Lipinski definition) is 2. The lowest BCUT2D eigenvalue weighted by atomic mass is 9.98. The van der Waals surface area contributed by atoms with Crippen molar-refractivity contribution in [1.82, 2.24) is 9.03 Å². The van der Waals surface area contributed by atoms with Crippen LogP contribution in [0.25, 0.3) is 0 Å². The van der Waals surface area contributed by atoms with Crippen LogP contribution in [0.3, 0.4) is 0 Å². The molecule has 1 fully saturated rings. The fraction of sp³-hybridized carbons (Fsp3) is 0.429. The van der Waals surface area contributed by atoms with Crippen molar-refractivity contribution in [3.05, 3.63) is 48.5 Å². The van der Waals surface area contributed by atoms with Gasteiger partial charge in [0.2, 0.25) is 20.0 Å². The molecule has 3 rings (SSSR count). The summed E-state index contributed by atoms with van der Waals surface area (Å²) in [5.74, 6) is 0.680. The van der Waals surface area contributed by atoms with Crippen LogP contribution in [0.1, 0.15) is 12.8 Å². The molecular weight excluding hydrogens is 456 g/mol. The van der Waals surface area contributed by atoms with Gasteiger partial charge in [-0.25, -0.2) is 21.6 Å². The fourth-order valence-electron chi connectivity index (χ4n) is 3.56. The van der Waals surface area contributed by atoms with E-state index in [9.17, 15) is 21.9 Å². The van der Waals surface area contributed by atoms with E-state index in [4.69, 9.17) is 9.47 Å². The van der Waals surface area contributed by atoms with Crippen LogP contribution in [-0.4, -0.2) is 66.2 Å². The third kappa shape index (κ3) is 5.59. The van der Waals surface area contributed by atoms with Crippen LogP contribution in [0.15, 0.2) is 58.3 Å². The van der Waals surface area contributed by atoms with E-state index < -0.39 is 32.1 Å². The molecule has 0 unspecified atom stereocenters. The smallest absolute Gasteiger partial charge is 0.243 e. The molecule has 2 atom stereocenters. The average Bonchev–Trinajstić information content (AvgIpc) is 2.99. The van der Waals surface area contributed by atoms with Crippen molar-refractivity contribution in [2.75, 3.05) is 33.9 Å². The molecule has 9 nitrogen and oxygen atoms in total. The van der Waals surface area contributed by atoms with Gasteiger partial charge >= 0.3 is 0 Å². The van der Waals surface area contributed by atoms with Gasteiger partial charge in [-0.3, -0.25) is 0 Å². The monoisotopic (exact) mass is 484 g/mol. The Bertz CT molecular complexity index is 1100. The van der Waals surface area contributed by atoms with E-state index in [2.05, 4.69) is 4.72 Å². The number of nitrogens with zero attached hydrogens (tertiary/aromatic N) is 1. The van der Waals surface area contributed by atoms with E-state index in [0.717, 1.165) is 0 Å². The summed E-state index contributed by atoms with van der Waals surface area (Å²) in [5, 5.41) is 10.5. The summed E-state index contributed by atoms with van der Waals surface area (Å²) >= 11 is 0. The maximum absolute atomic E-state index is 13.0. The lowest BCUT2D eigenvalue weighted by Crippen LogP contribution is -2.35. The molecule has 0 spiro atoms. The number of nitrogens with one attached hydrogen (secondary N) is 1. The first-order chi connectivity index (χ1) is 15.2. The highest BCUT2D eigenvalue weighted by molar-refractivity contribution is 7.89. The first kappa shape index (κ1) is 24.5. The van der Waals surface area contributed by atoms with Crippen LogP contribution in [0, 0.1) is 5.92 Å². The number of methoxy groups -OCH3 is 2. The Hall–Kier alpha value is -2.18. The van der Waals surface area contributed by atoms with Gasteiger partial charge in [0.25, 0.3) is 0 Å². The molecule has 1 saturated heterocycles. The Kier molecular flexibility index (Phi) is 7.78. The van der Waals surface area contributed by atoms with Crippen molar-refractivity contribution in [3.63, 3.8) is 0 Å². The van der Waals surface area contributed by atoms with Gasteiger partial charge in [0, 0.05) is 19.6 Å². The molecule has 0 saturated carbocycles. The highest BCUT2D eigenvalue weighted by Crippen LogP contribution is 2.25. The minimum absolute atomic E-state index is 0.00591. The maximum Gasteiger partial charge on any atom is 0.243 e. The van der Waals surface area contributed by atoms with Crippen molar-refractivity contribution in [2.45, 2.75) is 28.7 Å². The molecule has 0 bridgehead atoms. The summed E-state index contributed by atoms with van der Waals surface area (Å²) in [6.07, 6.45) is -0.295. The number of aliphatic hydroxyl groups excluding tert-OH is 1. The first-order valence-corrected chi connectivity index (χ1v) is 13.1. The second-order valence-corrected chi connectivity index (χ2v) is 11.2. The molecule has 2 N–H and O–H groups in total. The zero-order valence-corrected chi connectivity index (χ0v) is 19.6.